The van der Waals surface area contributed by atoms with Gasteiger partial charge in [-0.3, -0.25) is 4.79 Å². The van der Waals surface area contributed by atoms with E-state index >= 15 is 0 Å². The van der Waals surface area contributed by atoms with Gasteiger partial charge in [-0.1, -0.05) is 78.9 Å². The van der Waals surface area contributed by atoms with Crippen LogP contribution in [0.5, 0.6) is 0 Å². The molecule has 0 aliphatic rings. The monoisotopic (exact) mass is 354 g/mol. The summed E-state index contributed by atoms with van der Waals surface area (Å²) >= 11 is 0. The molecule has 1 unspecified atom stereocenters. The summed E-state index contributed by atoms with van der Waals surface area (Å²) < 4.78 is 2.09. The van der Waals surface area contributed by atoms with E-state index in [4.69, 9.17) is 0 Å². The molecule has 3 nitrogen and oxygen atoms in total. The highest BCUT2D eigenvalue weighted by Crippen LogP contribution is 2.22. The topological polar surface area (TPSA) is 34.0 Å². The average molecular weight is 354 g/mol. The number of para-hydroxylation sites is 1. The van der Waals surface area contributed by atoms with Gasteiger partial charge in [0.2, 0.25) is 0 Å². The SMILES string of the molecule is CC(NC(=O)c1cc2ccccc2n1Cc1ccccc1)c1ccccc1. The smallest absolute Gasteiger partial charge is 0.268 e. The van der Waals surface area contributed by atoms with E-state index in [1.165, 1.54) is 5.56 Å². The van der Waals surface area contributed by atoms with Gasteiger partial charge in [0.1, 0.15) is 5.69 Å². The highest BCUT2D eigenvalue weighted by Gasteiger charge is 2.18. The Labute approximate surface area is 159 Å². The summed E-state index contributed by atoms with van der Waals surface area (Å²) in [7, 11) is 0. The van der Waals surface area contributed by atoms with E-state index in [1.54, 1.807) is 0 Å². The molecule has 0 aliphatic heterocycles. The van der Waals surface area contributed by atoms with Gasteiger partial charge in [0, 0.05) is 17.4 Å². The Bertz CT molecular complexity index is 1050. The first-order valence-corrected chi connectivity index (χ1v) is 9.20. The van der Waals surface area contributed by atoms with Crippen molar-refractivity contribution in [3.8, 4) is 0 Å². The Morgan fingerprint density at radius 1 is 0.889 bits per heavy atom. The fraction of sp³-hybridized carbons (Fsp3) is 0.125. The third-order valence-electron chi connectivity index (χ3n) is 4.87. The molecule has 1 N–H and O–H groups in total. The molecule has 1 heterocycles. The molecule has 27 heavy (non-hydrogen) atoms. The Morgan fingerprint density at radius 3 is 2.26 bits per heavy atom. The van der Waals surface area contributed by atoms with Gasteiger partial charge in [0.05, 0.1) is 6.04 Å². The van der Waals surface area contributed by atoms with E-state index in [9.17, 15) is 4.79 Å². The molecule has 134 valence electrons. The normalized spacial score (nSPS) is 12.0. The van der Waals surface area contributed by atoms with Crippen LogP contribution < -0.4 is 5.32 Å². The van der Waals surface area contributed by atoms with E-state index < -0.39 is 0 Å². The molecule has 0 fully saturated rings. The highest BCUT2D eigenvalue weighted by atomic mass is 16.2. The Kier molecular flexibility index (Phi) is 4.75. The zero-order valence-corrected chi connectivity index (χ0v) is 15.3. The number of nitrogens with one attached hydrogen (secondary N) is 1. The van der Waals surface area contributed by atoms with Crippen LogP contribution >= 0.6 is 0 Å². The number of carbonyl (C=O) groups excluding carboxylic acids is 1. The lowest BCUT2D eigenvalue weighted by atomic mass is 10.1. The minimum Gasteiger partial charge on any atom is -0.344 e. The van der Waals surface area contributed by atoms with Crippen LogP contribution in [-0.4, -0.2) is 10.5 Å². The molecule has 3 aromatic carbocycles. The minimum atomic E-state index is -0.0570. The molecule has 0 saturated heterocycles. The third kappa shape index (κ3) is 3.63. The van der Waals surface area contributed by atoms with Crippen molar-refractivity contribution in [2.45, 2.75) is 19.5 Å². The molecule has 1 aromatic heterocycles. The molecule has 0 saturated carbocycles. The van der Waals surface area contributed by atoms with E-state index in [2.05, 4.69) is 28.1 Å². The maximum absolute atomic E-state index is 13.1. The molecule has 4 rings (SSSR count). The van der Waals surface area contributed by atoms with Crippen molar-refractivity contribution in [1.29, 1.82) is 0 Å². The van der Waals surface area contributed by atoms with Gasteiger partial charge in [-0.15, -0.1) is 0 Å². The van der Waals surface area contributed by atoms with Gasteiger partial charge < -0.3 is 9.88 Å². The molecule has 0 aliphatic carbocycles. The number of fused-ring (bicyclic) bond motifs is 1. The van der Waals surface area contributed by atoms with Crippen LogP contribution in [0, 0.1) is 0 Å². The van der Waals surface area contributed by atoms with Gasteiger partial charge in [0.15, 0.2) is 0 Å². The molecule has 3 heteroatoms. The summed E-state index contributed by atoms with van der Waals surface area (Å²) in [4.78, 5) is 13.1. The van der Waals surface area contributed by atoms with Crippen LogP contribution in [0.3, 0.4) is 0 Å². The fourth-order valence-corrected chi connectivity index (χ4v) is 3.43. The summed E-state index contributed by atoms with van der Waals surface area (Å²) in [5.74, 6) is -0.0570. The second-order valence-electron chi connectivity index (χ2n) is 6.77. The summed E-state index contributed by atoms with van der Waals surface area (Å²) in [6.45, 7) is 2.67. The molecule has 1 amide bonds. The number of aromatic nitrogens is 1. The Morgan fingerprint density at radius 2 is 1.52 bits per heavy atom. The second-order valence-corrected chi connectivity index (χ2v) is 6.77. The van der Waals surface area contributed by atoms with Crippen LogP contribution in [0.25, 0.3) is 10.9 Å². The number of hydrogen-bond donors (Lipinski definition) is 1. The van der Waals surface area contributed by atoms with Crippen molar-refractivity contribution in [3.05, 3.63) is 108 Å². The zero-order valence-electron chi connectivity index (χ0n) is 15.3. The van der Waals surface area contributed by atoms with Gasteiger partial charge in [-0.25, -0.2) is 0 Å². The predicted molar refractivity (Wildman–Crippen MR) is 110 cm³/mol. The molecule has 0 radical (unpaired) electrons. The number of benzene rings is 3. The van der Waals surface area contributed by atoms with Crippen molar-refractivity contribution in [3.63, 3.8) is 0 Å². The quantitative estimate of drug-likeness (QED) is 0.526. The van der Waals surface area contributed by atoms with Crippen LogP contribution in [0.2, 0.25) is 0 Å². The van der Waals surface area contributed by atoms with Crippen molar-refractivity contribution >= 4 is 16.8 Å². The van der Waals surface area contributed by atoms with Gasteiger partial charge in [-0.2, -0.15) is 0 Å². The lowest BCUT2D eigenvalue weighted by molar-refractivity contribution is 0.0931. The first kappa shape index (κ1) is 17.1. The van der Waals surface area contributed by atoms with Crippen molar-refractivity contribution in [2.75, 3.05) is 0 Å². The van der Waals surface area contributed by atoms with E-state index in [-0.39, 0.29) is 11.9 Å². The Balaban J connectivity index is 1.68. The number of nitrogens with zero attached hydrogens (tertiary/aromatic N) is 1. The second kappa shape index (κ2) is 7.50. The van der Waals surface area contributed by atoms with E-state index in [0.29, 0.717) is 12.2 Å². The molecule has 0 bridgehead atoms. The molecular weight excluding hydrogens is 332 g/mol. The van der Waals surface area contributed by atoms with E-state index in [1.807, 2.05) is 79.7 Å². The number of carbonyl (C=O) groups is 1. The first-order chi connectivity index (χ1) is 13.2. The van der Waals surface area contributed by atoms with Crippen LogP contribution in [-0.2, 0) is 6.54 Å². The molecule has 0 spiro atoms. The van der Waals surface area contributed by atoms with Crippen LogP contribution in [0.1, 0.15) is 34.6 Å². The minimum absolute atomic E-state index is 0.0538. The van der Waals surface area contributed by atoms with Crippen molar-refractivity contribution < 1.29 is 4.79 Å². The van der Waals surface area contributed by atoms with Crippen LogP contribution in [0.15, 0.2) is 91.0 Å². The lowest BCUT2D eigenvalue weighted by Crippen LogP contribution is -2.28. The molecule has 1 atom stereocenters. The average Bonchev–Trinajstić information content (AvgIpc) is 3.08. The highest BCUT2D eigenvalue weighted by molar-refractivity contribution is 5.99. The first-order valence-electron chi connectivity index (χ1n) is 9.20. The zero-order chi connectivity index (χ0) is 18.6. The fourth-order valence-electron chi connectivity index (χ4n) is 3.43. The number of hydrogen-bond acceptors (Lipinski definition) is 1. The van der Waals surface area contributed by atoms with Crippen molar-refractivity contribution in [2.24, 2.45) is 0 Å². The van der Waals surface area contributed by atoms with Crippen LogP contribution in [0.4, 0.5) is 0 Å². The standard InChI is InChI=1S/C24H22N2O/c1-18(20-12-6-3-7-13-20)25-24(27)23-16-21-14-8-9-15-22(21)26(23)17-19-10-4-2-5-11-19/h2-16,18H,17H2,1H3,(H,25,27). The predicted octanol–water partition coefficient (Wildman–Crippen LogP) is 5.18. The summed E-state index contributed by atoms with van der Waals surface area (Å²) in [6, 6.07) is 30.3. The van der Waals surface area contributed by atoms with Crippen molar-refractivity contribution in [1.82, 2.24) is 9.88 Å². The van der Waals surface area contributed by atoms with E-state index in [0.717, 1.165) is 16.5 Å². The lowest BCUT2D eigenvalue weighted by Gasteiger charge is -2.16. The number of amides is 1. The summed E-state index contributed by atoms with van der Waals surface area (Å²) in [5, 5.41) is 4.21. The maximum atomic E-state index is 13.1. The molecule has 4 aromatic rings. The molecular formula is C24H22N2O. The Hall–Kier alpha value is -3.33. The summed E-state index contributed by atoms with van der Waals surface area (Å²) in [6.07, 6.45) is 0. The number of rotatable bonds is 5. The van der Waals surface area contributed by atoms with Gasteiger partial charge in [0.25, 0.3) is 5.91 Å². The third-order valence-corrected chi connectivity index (χ3v) is 4.87. The largest absolute Gasteiger partial charge is 0.344 e. The maximum Gasteiger partial charge on any atom is 0.268 e. The summed E-state index contributed by atoms with van der Waals surface area (Å²) in [5.41, 5.74) is 4.02. The van der Waals surface area contributed by atoms with Gasteiger partial charge >= 0.3 is 0 Å². The van der Waals surface area contributed by atoms with Gasteiger partial charge in [-0.05, 0) is 30.2 Å².